The number of ether oxygens (including phenoxy) is 1. The van der Waals surface area contributed by atoms with E-state index in [2.05, 4.69) is 10.6 Å². The Labute approximate surface area is 204 Å². The van der Waals surface area contributed by atoms with Crippen LogP contribution >= 0.6 is 0 Å². The second kappa shape index (κ2) is 11.3. The minimum Gasteiger partial charge on any atom is -0.442 e. The van der Waals surface area contributed by atoms with Crippen LogP contribution in [-0.2, 0) is 20.7 Å². The zero-order chi connectivity index (χ0) is 24.8. The van der Waals surface area contributed by atoms with E-state index in [1.165, 1.54) is 17.9 Å². The van der Waals surface area contributed by atoms with Crippen LogP contribution < -0.4 is 15.5 Å². The number of carbonyl (C=O) groups is 3. The van der Waals surface area contributed by atoms with Gasteiger partial charge in [-0.25, -0.2) is 9.18 Å². The van der Waals surface area contributed by atoms with Crippen LogP contribution in [0.1, 0.15) is 25.3 Å². The minimum atomic E-state index is -0.563. The molecular weight excluding hydrogens is 451 g/mol. The highest BCUT2D eigenvalue weighted by Gasteiger charge is 2.32. The summed E-state index contributed by atoms with van der Waals surface area (Å²) in [6.07, 6.45) is 1.06. The van der Waals surface area contributed by atoms with Crippen molar-refractivity contribution in [2.75, 3.05) is 44.2 Å². The molecule has 2 N–H and O–H groups in total. The molecule has 3 amide bonds. The Bertz CT molecular complexity index is 1070. The number of hydrogen-bond donors (Lipinski definition) is 2. The quantitative estimate of drug-likeness (QED) is 0.604. The average Bonchev–Trinajstić information content (AvgIpc) is 3.24. The van der Waals surface area contributed by atoms with E-state index in [0.717, 1.165) is 50.1 Å². The van der Waals surface area contributed by atoms with Crippen molar-refractivity contribution in [2.45, 2.75) is 32.3 Å². The van der Waals surface area contributed by atoms with E-state index in [9.17, 15) is 18.8 Å². The molecule has 0 bridgehead atoms. The molecule has 1 atom stereocenters. The Hall–Kier alpha value is -3.46. The van der Waals surface area contributed by atoms with Gasteiger partial charge in [0.1, 0.15) is 11.9 Å². The van der Waals surface area contributed by atoms with Crippen molar-refractivity contribution in [3.8, 4) is 11.1 Å². The number of rotatable bonds is 8. The maximum Gasteiger partial charge on any atom is 0.414 e. The van der Waals surface area contributed by atoms with Gasteiger partial charge in [0.25, 0.3) is 0 Å². The van der Waals surface area contributed by atoms with Crippen molar-refractivity contribution in [2.24, 2.45) is 0 Å². The zero-order valence-electron chi connectivity index (χ0n) is 19.9. The monoisotopic (exact) mass is 482 g/mol. The van der Waals surface area contributed by atoms with Gasteiger partial charge in [0.2, 0.25) is 11.8 Å². The molecule has 0 aliphatic carbocycles. The second-order valence-electron chi connectivity index (χ2n) is 8.90. The first-order chi connectivity index (χ1) is 16.9. The molecule has 2 aliphatic heterocycles. The molecule has 8 nitrogen and oxygen atoms in total. The van der Waals surface area contributed by atoms with Crippen molar-refractivity contribution < 1.29 is 23.5 Å². The minimum absolute atomic E-state index is 0.202. The van der Waals surface area contributed by atoms with Gasteiger partial charge in [-0.2, -0.15) is 0 Å². The van der Waals surface area contributed by atoms with Gasteiger partial charge in [-0.15, -0.1) is 0 Å². The van der Waals surface area contributed by atoms with Crippen LogP contribution in [0, 0.1) is 5.82 Å². The molecule has 2 aromatic carbocycles. The van der Waals surface area contributed by atoms with Crippen molar-refractivity contribution in [3.63, 3.8) is 0 Å². The molecule has 0 unspecified atom stereocenters. The molecule has 0 saturated carbocycles. The number of anilines is 1. The molecule has 35 heavy (non-hydrogen) atoms. The summed E-state index contributed by atoms with van der Waals surface area (Å²) in [5.74, 6) is -0.437. The summed E-state index contributed by atoms with van der Waals surface area (Å²) in [4.78, 5) is 38.8. The first-order valence-electron chi connectivity index (χ1n) is 12.0. The first-order valence-corrected chi connectivity index (χ1v) is 12.0. The van der Waals surface area contributed by atoms with Gasteiger partial charge < -0.3 is 20.3 Å². The Kier molecular flexibility index (Phi) is 7.97. The van der Waals surface area contributed by atoms with Crippen LogP contribution in [0.5, 0.6) is 0 Å². The number of hydrogen-bond acceptors (Lipinski definition) is 5. The number of halogens is 1. The van der Waals surface area contributed by atoms with E-state index in [1.807, 2.05) is 29.2 Å². The number of cyclic esters (lactones) is 1. The lowest BCUT2D eigenvalue weighted by Crippen LogP contribution is -2.46. The normalized spacial score (nSPS) is 17.9. The van der Waals surface area contributed by atoms with E-state index < -0.39 is 18.0 Å². The summed E-state index contributed by atoms with van der Waals surface area (Å²) in [6.45, 7) is 5.10. The number of aryl methyl sites for hydroxylation is 1. The van der Waals surface area contributed by atoms with Crippen LogP contribution in [0.25, 0.3) is 11.1 Å². The molecule has 4 rings (SSSR count). The second-order valence-corrected chi connectivity index (χ2v) is 8.90. The van der Waals surface area contributed by atoms with Crippen LogP contribution in [0.3, 0.4) is 0 Å². The van der Waals surface area contributed by atoms with Crippen LogP contribution in [0.4, 0.5) is 14.9 Å². The molecule has 0 radical (unpaired) electrons. The number of amides is 3. The lowest BCUT2D eigenvalue weighted by molar-refractivity contribution is -0.131. The van der Waals surface area contributed by atoms with Crippen molar-refractivity contribution in [3.05, 3.63) is 53.8 Å². The Balaban J connectivity index is 1.32. The fourth-order valence-corrected chi connectivity index (χ4v) is 4.37. The predicted molar refractivity (Wildman–Crippen MR) is 131 cm³/mol. The number of nitrogens with zero attached hydrogens (tertiary/aromatic N) is 2. The van der Waals surface area contributed by atoms with Crippen molar-refractivity contribution in [1.29, 1.82) is 0 Å². The van der Waals surface area contributed by atoms with Gasteiger partial charge in [-0.1, -0.05) is 24.3 Å². The first kappa shape index (κ1) is 24.7. The Morgan fingerprint density at radius 2 is 1.89 bits per heavy atom. The van der Waals surface area contributed by atoms with Crippen LogP contribution in [0.2, 0.25) is 0 Å². The van der Waals surface area contributed by atoms with Crippen LogP contribution in [0.15, 0.2) is 42.5 Å². The summed E-state index contributed by atoms with van der Waals surface area (Å²) >= 11 is 0. The van der Waals surface area contributed by atoms with E-state index in [1.54, 1.807) is 12.1 Å². The topological polar surface area (TPSA) is 91.0 Å². The van der Waals surface area contributed by atoms with Gasteiger partial charge in [0.05, 0.1) is 18.8 Å². The molecule has 0 aromatic heterocycles. The fourth-order valence-electron chi connectivity index (χ4n) is 4.37. The van der Waals surface area contributed by atoms with E-state index in [0.29, 0.717) is 17.7 Å². The molecule has 2 saturated heterocycles. The SMILES string of the molecule is CC(=O)NC[C@H]1CN(c2ccc(-c3ccc(CCCC(=O)N4CCNCC4)cc3)c(F)c2)C(=O)O1. The van der Waals surface area contributed by atoms with Gasteiger partial charge in [-0.3, -0.25) is 14.5 Å². The molecule has 9 heteroatoms. The highest BCUT2D eigenvalue weighted by atomic mass is 19.1. The number of carbonyl (C=O) groups excluding carboxylic acids is 3. The standard InChI is InChI=1S/C26H31FN4O4/c1-18(32)29-16-22-17-31(26(34)35-22)21-9-10-23(24(27)15-21)20-7-5-19(6-8-20)3-2-4-25(33)30-13-11-28-12-14-30/h5-10,15,22,28H,2-4,11-14,16-17H2,1H3,(H,29,32)/t22-/m0/s1. The number of nitrogens with one attached hydrogen (secondary N) is 2. The molecule has 2 fully saturated rings. The molecule has 2 heterocycles. The average molecular weight is 483 g/mol. The summed E-state index contributed by atoms with van der Waals surface area (Å²) in [5, 5.41) is 5.87. The third kappa shape index (κ3) is 6.36. The van der Waals surface area contributed by atoms with E-state index in [-0.39, 0.29) is 24.9 Å². The smallest absolute Gasteiger partial charge is 0.414 e. The Morgan fingerprint density at radius 3 is 2.57 bits per heavy atom. The number of benzene rings is 2. The highest BCUT2D eigenvalue weighted by Crippen LogP contribution is 2.29. The molecule has 186 valence electrons. The zero-order valence-corrected chi connectivity index (χ0v) is 19.9. The molecule has 2 aliphatic rings. The largest absolute Gasteiger partial charge is 0.442 e. The van der Waals surface area contributed by atoms with Crippen LogP contribution in [-0.4, -0.2) is 68.2 Å². The number of piperazine rings is 1. The van der Waals surface area contributed by atoms with Crippen molar-refractivity contribution >= 4 is 23.6 Å². The lowest BCUT2D eigenvalue weighted by atomic mass is 10.0. The van der Waals surface area contributed by atoms with Gasteiger partial charge in [0.15, 0.2) is 0 Å². The van der Waals surface area contributed by atoms with Gasteiger partial charge in [0, 0.05) is 45.1 Å². The Morgan fingerprint density at radius 1 is 1.14 bits per heavy atom. The third-order valence-corrected chi connectivity index (χ3v) is 6.31. The third-order valence-electron chi connectivity index (χ3n) is 6.31. The molecule has 2 aromatic rings. The summed E-state index contributed by atoms with van der Waals surface area (Å²) in [7, 11) is 0. The summed E-state index contributed by atoms with van der Waals surface area (Å²) in [6, 6.07) is 12.3. The van der Waals surface area contributed by atoms with E-state index >= 15 is 0 Å². The van der Waals surface area contributed by atoms with E-state index in [4.69, 9.17) is 4.74 Å². The van der Waals surface area contributed by atoms with Crippen molar-refractivity contribution in [1.82, 2.24) is 15.5 Å². The fraction of sp³-hybridized carbons (Fsp3) is 0.423. The summed E-state index contributed by atoms with van der Waals surface area (Å²) < 4.78 is 20.2. The lowest BCUT2D eigenvalue weighted by Gasteiger charge is -2.27. The molecule has 0 spiro atoms. The highest BCUT2D eigenvalue weighted by molar-refractivity contribution is 5.90. The summed E-state index contributed by atoms with van der Waals surface area (Å²) in [5.41, 5.74) is 2.69. The predicted octanol–water partition coefficient (Wildman–Crippen LogP) is 2.71. The molecular formula is C26H31FN4O4. The van der Waals surface area contributed by atoms with Gasteiger partial charge in [-0.05, 0) is 42.2 Å². The maximum absolute atomic E-state index is 15.0. The van der Waals surface area contributed by atoms with Gasteiger partial charge >= 0.3 is 6.09 Å². The maximum atomic E-state index is 15.0.